The average molecular weight is 242 g/mol. The highest BCUT2D eigenvalue weighted by Gasteiger charge is 2.23. The lowest BCUT2D eigenvalue weighted by Gasteiger charge is -2.28. The Hall–Kier alpha value is -0.930. The van der Waals surface area contributed by atoms with Crippen LogP contribution in [-0.2, 0) is 4.74 Å². The molecule has 0 fully saturated rings. The van der Waals surface area contributed by atoms with Crippen molar-refractivity contribution in [2.24, 2.45) is 0 Å². The Morgan fingerprint density at radius 3 is 2.94 bits per heavy atom. The van der Waals surface area contributed by atoms with Crippen molar-refractivity contribution in [2.45, 2.75) is 25.9 Å². The topological polar surface area (TPSA) is 22.1 Å². The summed E-state index contributed by atoms with van der Waals surface area (Å²) in [6.07, 6.45) is 4.15. The van der Waals surface area contributed by atoms with E-state index in [2.05, 4.69) is 4.98 Å². The van der Waals surface area contributed by atoms with Crippen molar-refractivity contribution in [1.82, 2.24) is 4.98 Å². The first kappa shape index (κ1) is 11.6. The molecule has 16 heavy (non-hydrogen) atoms. The SMILES string of the molecule is CC1(C)C=C(c2ccnc(Cl)c2F)CCO1. The molecule has 0 atom stereocenters. The molecule has 0 saturated heterocycles. The quantitative estimate of drug-likeness (QED) is 0.703. The summed E-state index contributed by atoms with van der Waals surface area (Å²) in [5.41, 5.74) is 1.10. The van der Waals surface area contributed by atoms with Crippen LogP contribution < -0.4 is 0 Å². The maximum absolute atomic E-state index is 13.8. The number of pyridine rings is 1. The van der Waals surface area contributed by atoms with Gasteiger partial charge < -0.3 is 4.74 Å². The summed E-state index contributed by atoms with van der Waals surface area (Å²) in [5, 5.41) is -0.0808. The molecule has 4 heteroatoms. The van der Waals surface area contributed by atoms with E-state index < -0.39 is 5.82 Å². The largest absolute Gasteiger partial charge is 0.371 e. The van der Waals surface area contributed by atoms with Crippen LogP contribution in [0.5, 0.6) is 0 Å². The van der Waals surface area contributed by atoms with E-state index in [9.17, 15) is 4.39 Å². The third-order valence-electron chi connectivity index (χ3n) is 2.56. The summed E-state index contributed by atoms with van der Waals surface area (Å²) in [6, 6.07) is 1.65. The minimum absolute atomic E-state index is 0.0808. The fraction of sp³-hybridized carbons (Fsp3) is 0.417. The van der Waals surface area contributed by atoms with Crippen molar-refractivity contribution in [3.8, 4) is 0 Å². The van der Waals surface area contributed by atoms with Crippen LogP contribution in [0.2, 0.25) is 5.15 Å². The fourth-order valence-electron chi connectivity index (χ4n) is 1.84. The average Bonchev–Trinajstić information content (AvgIpc) is 2.20. The molecule has 1 aromatic heterocycles. The molecule has 1 aliphatic heterocycles. The summed E-state index contributed by atoms with van der Waals surface area (Å²) >= 11 is 5.66. The van der Waals surface area contributed by atoms with Gasteiger partial charge in [-0.05, 0) is 38.0 Å². The number of ether oxygens (including phenoxy) is 1. The summed E-state index contributed by atoms with van der Waals surface area (Å²) < 4.78 is 19.3. The van der Waals surface area contributed by atoms with E-state index >= 15 is 0 Å². The van der Waals surface area contributed by atoms with Crippen LogP contribution in [0.15, 0.2) is 18.3 Å². The second kappa shape index (κ2) is 4.15. The van der Waals surface area contributed by atoms with Crippen molar-refractivity contribution >= 4 is 17.2 Å². The van der Waals surface area contributed by atoms with Crippen molar-refractivity contribution in [3.63, 3.8) is 0 Å². The van der Waals surface area contributed by atoms with Crippen LogP contribution in [-0.4, -0.2) is 17.2 Å². The zero-order valence-electron chi connectivity index (χ0n) is 9.26. The molecule has 0 bridgehead atoms. The summed E-state index contributed by atoms with van der Waals surface area (Å²) in [4.78, 5) is 3.70. The van der Waals surface area contributed by atoms with E-state index in [-0.39, 0.29) is 10.8 Å². The first-order valence-corrected chi connectivity index (χ1v) is 5.53. The molecule has 0 saturated carbocycles. The smallest absolute Gasteiger partial charge is 0.167 e. The first-order valence-electron chi connectivity index (χ1n) is 5.16. The number of rotatable bonds is 1. The molecule has 1 aromatic rings. The minimum Gasteiger partial charge on any atom is -0.371 e. The Bertz CT molecular complexity index is 443. The van der Waals surface area contributed by atoms with Gasteiger partial charge >= 0.3 is 0 Å². The van der Waals surface area contributed by atoms with Gasteiger partial charge in [0.15, 0.2) is 11.0 Å². The van der Waals surface area contributed by atoms with Crippen molar-refractivity contribution in [2.75, 3.05) is 6.61 Å². The molecular weight excluding hydrogens is 229 g/mol. The molecule has 86 valence electrons. The molecule has 2 nitrogen and oxygen atoms in total. The van der Waals surface area contributed by atoms with Crippen LogP contribution in [0.25, 0.3) is 5.57 Å². The van der Waals surface area contributed by atoms with Crippen molar-refractivity contribution in [3.05, 3.63) is 34.9 Å². The highest BCUT2D eigenvalue weighted by Crippen LogP contribution is 2.31. The molecule has 0 unspecified atom stereocenters. The number of aromatic nitrogens is 1. The molecule has 0 spiro atoms. The van der Waals surface area contributed by atoms with Gasteiger partial charge in [0, 0.05) is 11.8 Å². The molecular formula is C12H13ClFNO. The Balaban J connectivity index is 2.45. The molecule has 0 amide bonds. The fourth-order valence-corrected chi connectivity index (χ4v) is 1.99. The van der Waals surface area contributed by atoms with Gasteiger partial charge in [-0.3, -0.25) is 0 Å². The predicted octanol–water partition coefficient (Wildman–Crippen LogP) is 3.46. The molecule has 2 rings (SSSR count). The van der Waals surface area contributed by atoms with Crippen LogP contribution in [0, 0.1) is 5.82 Å². The molecule has 0 aromatic carbocycles. The van der Waals surface area contributed by atoms with Crippen LogP contribution in [0.4, 0.5) is 4.39 Å². The minimum atomic E-state index is -0.451. The monoisotopic (exact) mass is 241 g/mol. The van der Waals surface area contributed by atoms with E-state index in [1.807, 2.05) is 19.9 Å². The lowest BCUT2D eigenvalue weighted by molar-refractivity contribution is 0.0164. The number of halogens is 2. The van der Waals surface area contributed by atoms with Crippen LogP contribution >= 0.6 is 11.6 Å². The van der Waals surface area contributed by atoms with Crippen LogP contribution in [0.1, 0.15) is 25.8 Å². The van der Waals surface area contributed by atoms with E-state index in [1.54, 1.807) is 6.07 Å². The second-order valence-corrected chi connectivity index (χ2v) is 4.69. The Morgan fingerprint density at radius 2 is 2.25 bits per heavy atom. The van der Waals surface area contributed by atoms with Crippen molar-refractivity contribution < 1.29 is 9.13 Å². The summed E-state index contributed by atoms with van der Waals surface area (Å²) in [7, 11) is 0. The maximum Gasteiger partial charge on any atom is 0.167 e. The standard InChI is InChI=1S/C12H13ClFNO/c1-12(2)7-8(4-6-16-12)9-3-5-15-11(13)10(9)14/h3,5,7H,4,6H2,1-2H3. The zero-order valence-corrected chi connectivity index (χ0v) is 10.0. The molecule has 1 aliphatic rings. The summed E-state index contributed by atoms with van der Waals surface area (Å²) in [6.45, 7) is 4.50. The lowest BCUT2D eigenvalue weighted by atomic mass is 9.95. The summed E-state index contributed by atoms with van der Waals surface area (Å²) in [5.74, 6) is -0.451. The predicted molar refractivity (Wildman–Crippen MR) is 61.8 cm³/mol. The Morgan fingerprint density at radius 1 is 1.50 bits per heavy atom. The van der Waals surface area contributed by atoms with Gasteiger partial charge in [-0.25, -0.2) is 9.37 Å². The van der Waals surface area contributed by atoms with E-state index in [0.717, 1.165) is 5.57 Å². The van der Waals surface area contributed by atoms with E-state index in [1.165, 1.54) is 6.20 Å². The third-order valence-corrected chi connectivity index (χ3v) is 2.82. The van der Waals surface area contributed by atoms with Gasteiger partial charge in [0.2, 0.25) is 0 Å². The highest BCUT2D eigenvalue weighted by molar-refractivity contribution is 6.29. The van der Waals surface area contributed by atoms with Crippen LogP contribution in [0.3, 0.4) is 0 Å². The number of nitrogens with zero attached hydrogens (tertiary/aromatic N) is 1. The van der Waals surface area contributed by atoms with Gasteiger partial charge in [-0.1, -0.05) is 11.6 Å². The Kier molecular flexibility index (Phi) is 3.00. The molecule has 0 N–H and O–H groups in total. The highest BCUT2D eigenvalue weighted by atomic mass is 35.5. The van der Waals surface area contributed by atoms with Gasteiger partial charge in [0.1, 0.15) is 0 Å². The number of hydrogen-bond acceptors (Lipinski definition) is 2. The van der Waals surface area contributed by atoms with Gasteiger partial charge in [-0.15, -0.1) is 0 Å². The normalized spacial score (nSPS) is 19.4. The van der Waals surface area contributed by atoms with Gasteiger partial charge in [-0.2, -0.15) is 0 Å². The molecule has 2 heterocycles. The van der Waals surface area contributed by atoms with Gasteiger partial charge in [0.05, 0.1) is 12.2 Å². The van der Waals surface area contributed by atoms with E-state index in [4.69, 9.17) is 16.3 Å². The van der Waals surface area contributed by atoms with E-state index in [0.29, 0.717) is 18.6 Å². The molecule has 0 aliphatic carbocycles. The van der Waals surface area contributed by atoms with Crippen molar-refractivity contribution in [1.29, 1.82) is 0 Å². The first-order chi connectivity index (χ1) is 7.49. The third kappa shape index (κ3) is 2.25. The zero-order chi connectivity index (χ0) is 11.8. The lowest BCUT2D eigenvalue weighted by Crippen LogP contribution is -2.26. The number of hydrogen-bond donors (Lipinski definition) is 0. The van der Waals surface area contributed by atoms with Gasteiger partial charge in [0.25, 0.3) is 0 Å². The molecule has 0 radical (unpaired) electrons. The Labute approximate surface area is 99.1 Å². The maximum atomic E-state index is 13.8. The second-order valence-electron chi connectivity index (χ2n) is 4.33.